The maximum atomic E-state index is 12.9. The summed E-state index contributed by atoms with van der Waals surface area (Å²) in [6.45, 7) is 7.02. The molecule has 0 radical (unpaired) electrons. The Labute approximate surface area is 246 Å². The van der Waals surface area contributed by atoms with Gasteiger partial charge in [-0.05, 0) is 84.2 Å². The molecule has 1 aliphatic heterocycles. The van der Waals surface area contributed by atoms with Crippen molar-refractivity contribution < 1.29 is 5.11 Å². The van der Waals surface area contributed by atoms with E-state index in [2.05, 4.69) is 23.6 Å². The number of aromatic nitrogens is 1. The number of nitrogens with zero attached hydrogens (tertiary/aromatic N) is 3. The standard InChI is InChI=1S/C34H37ClN4O2/c1-4-37(2)32(22-36)34(41,26-13-11-24(12-14-26)23-39-17-6-5-7-18-39)27-15-16-31-30(20-27)29(21-33(40)38(31)3)25-9-8-10-28(35)19-25/h4,8-16,19-22,41H,1,5-7,17-18,23,36H2,2-3H3/b32-22-. The normalized spacial score (nSPS) is 16.0. The number of hydrogen-bond acceptors (Lipinski definition) is 5. The van der Waals surface area contributed by atoms with Gasteiger partial charge in [0.1, 0.15) is 0 Å². The molecular formula is C34H37ClN4O2. The predicted octanol–water partition coefficient (Wildman–Crippen LogP) is 5.96. The molecule has 0 aliphatic carbocycles. The lowest BCUT2D eigenvalue weighted by Gasteiger charge is -2.36. The minimum absolute atomic E-state index is 0.131. The molecule has 5 rings (SSSR count). The molecule has 1 saturated heterocycles. The third-order valence-electron chi connectivity index (χ3n) is 8.21. The van der Waals surface area contributed by atoms with Gasteiger partial charge >= 0.3 is 0 Å². The summed E-state index contributed by atoms with van der Waals surface area (Å²) in [5.41, 5.74) is 9.70. The van der Waals surface area contributed by atoms with Crippen LogP contribution in [0.2, 0.25) is 5.02 Å². The minimum Gasteiger partial charge on any atom is -0.403 e. The van der Waals surface area contributed by atoms with E-state index in [4.69, 9.17) is 17.3 Å². The number of hydrogen-bond donors (Lipinski definition) is 2. The average Bonchev–Trinajstić information content (AvgIpc) is 2.99. The van der Waals surface area contributed by atoms with Crippen LogP contribution in [0.3, 0.4) is 0 Å². The number of pyridine rings is 1. The van der Waals surface area contributed by atoms with Crippen LogP contribution >= 0.6 is 11.6 Å². The SMILES string of the molecule is C=CN(C)/C(=C\N)C(O)(c1ccc(CN2CCCCC2)cc1)c1ccc2c(c1)c(-c1cccc(Cl)c1)cc(=O)n2C. The number of fused-ring (bicyclic) bond motifs is 1. The van der Waals surface area contributed by atoms with Crippen molar-refractivity contribution in [2.45, 2.75) is 31.4 Å². The molecule has 3 N–H and O–H groups in total. The van der Waals surface area contributed by atoms with Crippen molar-refractivity contribution in [2.75, 3.05) is 20.1 Å². The van der Waals surface area contributed by atoms with Crippen molar-refractivity contribution in [3.05, 3.63) is 130 Å². The van der Waals surface area contributed by atoms with Gasteiger partial charge in [0, 0.05) is 43.3 Å². The van der Waals surface area contributed by atoms with Crippen molar-refractivity contribution >= 4 is 22.5 Å². The van der Waals surface area contributed by atoms with Crippen LogP contribution in [-0.4, -0.2) is 39.6 Å². The van der Waals surface area contributed by atoms with E-state index in [9.17, 15) is 9.90 Å². The van der Waals surface area contributed by atoms with E-state index in [1.54, 1.807) is 34.8 Å². The monoisotopic (exact) mass is 568 g/mol. The maximum absolute atomic E-state index is 12.9. The summed E-state index contributed by atoms with van der Waals surface area (Å²) in [6, 6.07) is 22.8. The second-order valence-electron chi connectivity index (χ2n) is 10.8. The van der Waals surface area contributed by atoms with E-state index < -0.39 is 5.60 Å². The molecule has 1 aliphatic rings. The van der Waals surface area contributed by atoms with Crippen molar-refractivity contribution in [1.29, 1.82) is 0 Å². The van der Waals surface area contributed by atoms with Gasteiger partial charge < -0.3 is 20.3 Å². The molecule has 1 aromatic heterocycles. The summed E-state index contributed by atoms with van der Waals surface area (Å²) in [7, 11) is 3.56. The zero-order chi connectivity index (χ0) is 29.1. The first-order valence-electron chi connectivity index (χ1n) is 14.0. The van der Waals surface area contributed by atoms with E-state index in [-0.39, 0.29) is 5.56 Å². The number of rotatable bonds is 8. The van der Waals surface area contributed by atoms with Crippen molar-refractivity contribution in [3.63, 3.8) is 0 Å². The number of aryl methyl sites for hydroxylation is 1. The molecule has 1 unspecified atom stereocenters. The number of aliphatic hydroxyl groups is 1. The molecule has 4 aromatic rings. The van der Waals surface area contributed by atoms with Gasteiger partial charge in [-0.3, -0.25) is 9.69 Å². The number of nitrogens with two attached hydrogens (primary N) is 1. The summed E-state index contributed by atoms with van der Waals surface area (Å²) >= 11 is 6.32. The van der Waals surface area contributed by atoms with Crippen LogP contribution in [-0.2, 0) is 19.2 Å². The first kappa shape index (κ1) is 28.7. The number of likely N-dealkylation sites (tertiary alicyclic amines) is 1. The highest BCUT2D eigenvalue weighted by atomic mass is 35.5. The molecule has 1 atom stereocenters. The molecule has 3 aromatic carbocycles. The average molecular weight is 569 g/mol. The molecule has 41 heavy (non-hydrogen) atoms. The Hall–Kier alpha value is -3.84. The van der Waals surface area contributed by atoms with Crippen LogP contribution in [0.15, 0.2) is 102 Å². The molecule has 6 nitrogen and oxygen atoms in total. The lowest BCUT2D eigenvalue weighted by atomic mass is 9.81. The highest BCUT2D eigenvalue weighted by molar-refractivity contribution is 6.30. The predicted molar refractivity (Wildman–Crippen MR) is 168 cm³/mol. The number of piperidine rings is 1. The van der Waals surface area contributed by atoms with Gasteiger partial charge in [0.15, 0.2) is 5.60 Å². The third-order valence-corrected chi connectivity index (χ3v) is 8.44. The van der Waals surface area contributed by atoms with Gasteiger partial charge in [-0.2, -0.15) is 0 Å². The number of benzene rings is 3. The van der Waals surface area contributed by atoms with Gasteiger partial charge in [-0.25, -0.2) is 0 Å². The van der Waals surface area contributed by atoms with Gasteiger partial charge in [0.25, 0.3) is 5.56 Å². The fourth-order valence-electron chi connectivity index (χ4n) is 5.86. The lowest BCUT2D eigenvalue weighted by molar-refractivity contribution is 0.0968. The fourth-order valence-corrected chi connectivity index (χ4v) is 6.05. The Kier molecular flexibility index (Phi) is 8.36. The van der Waals surface area contributed by atoms with E-state index in [1.807, 2.05) is 55.6 Å². The molecule has 2 heterocycles. The molecule has 0 spiro atoms. The maximum Gasteiger partial charge on any atom is 0.251 e. The lowest BCUT2D eigenvalue weighted by Crippen LogP contribution is -2.37. The van der Waals surface area contributed by atoms with Gasteiger partial charge in [-0.15, -0.1) is 0 Å². The van der Waals surface area contributed by atoms with E-state index in [0.717, 1.165) is 41.7 Å². The van der Waals surface area contributed by atoms with Crippen LogP contribution in [0.1, 0.15) is 36.0 Å². The molecule has 0 amide bonds. The highest BCUT2D eigenvalue weighted by Crippen LogP contribution is 2.40. The Morgan fingerprint density at radius 2 is 1.76 bits per heavy atom. The second kappa shape index (κ2) is 12.0. The topological polar surface area (TPSA) is 74.7 Å². The van der Waals surface area contributed by atoms with Crippen LogP contribution in [0.4, 0.5) is 0 Å². The van der Waals surface area contributed by atoms with Crippen molar-refractivity contribution in [1.82, 2.24) is 14.4 Å². The summed E-state index contributed by atoms with van der Waals surface area (Å²) < 4.78 is 1.61. The van der Waals surface area contributed by atoms with Gasteiger partial charge in [0.05, 0.1) is 11.2 Å². The zero-order valence-corrected chi connectivity index (χ0v) is 24.4. The summed E-state index contributed by atoms with van der Waals surface area (Å²) in [4.78, 5) is 17.1. The zero-order valence-electron chi connectivity index (χ0n) is 23.7. The molecule has 0 bridgehead atoms. The quantitative estimate of drug-likeness (QED) is 0.274. The van der Waals surface area contributed by atoms with Gasteiger partial charge in [-0.1, -0.05) is 67.1 Å². The first-order chi connectivity index (χ1) is 19.8. The van der Waals surface area contributed by atoms with Gasteiger partial charge in [0.2, 0.25) is 0 Å². The molecule has 7 heteroatoms. The van der Waals surface area contributed by atoms with E-state index >= 15 is 0 Å². The minimum atomic E-state index is -1.60. The fraction of sp³-hybridized carbons (Fsp3) is 0.265. The Morgan fingerprint density at radius 1 is 1.05 bits per heavy atom. The molecule has 0 saturated carbocycles. The van der Waals surface area contributed by atoms with E-state index in [1.165, 1.54) is 31.0 Å². The summed E-state index contributed by atoms with van der Waals surface area (Å²) in [5.74, 6) is 0. The molecule has 1 fully saturated rings. The van der Waals surface area contributed by atoms with Crippen LogP contribution in [0, 0.1) is 0 Å². The Morgan fingerprint density at radius 3 is 2.41 bits per heavy atom. The van der Waals surface area contributed by atoms with Crippen molar-refractivity contribution in [3.8, 4) is 11.1 Å². The Balaban J connectivity index is 1.68. The smallest absolute Gasteiger partial charge is 0.251 e. The second-order valence-corrected chi connectivity index (χ2v) is 11.2. The van der Waals surface area contributed by atoms with Crippen LogP contribution in [0.5, 0.6) is 0 Å². The van der Waals surface area contributed by atoms with E-state index in [0.29, 0.717) is 21.8 Å². The number of likely N-dealkylation sites (N-methyl/N-ethyl adjacent to an activating group) is 1. The summed E-state index contributed by atoms with van der Waals surface area (Å²) in [5, 5.41) is 14.1. The third kappa shape index (κ3) is 5.55. The number of halogens is 1. The Bertz CT molecular complexity index is 1650. The molecule has 212 valence electrons. The highest BCUT2D eigenvalue weighted by Gasteiger charge is 2.38. The van der Waals surface area contributed by atoms with Crippen LogP contribution < -0.4 is 11.3 Å². The largest absolute Gasteiger partial charge is 0.403 e. The molecular weight excluding hydrogens is 532 g/mol. The first-order valence-corrected chi connectivity index (χ1v) is 14.4. The summed E-state index contributed by atoms with van der Waals surface area (Å²) in [6.07, 6.45) is 6.82. The van der Waals surface area contributed by atoms with Crippen LogP contribution in [0.25, 0.3) is 22.0 Å². The van der Waals surface area contributed by atoms with Crippen molar-refractivity contribution in [2.24, 2.45) is 12.8 Å².